The lowest BCUT2D eigenvalue weighted by molar-refractivity contribution is -0.127. The van der Waals surface area contributed by atoms with E-state index in [2.05, 4.69) is 10.3 Å². The SMILES string of the molecule is COc1cccc(/C=C/C(=O)N2CCN(C(=O)c3nnn4c3CO[C@H](c3ccccc3)C4)CC2)c1. The summed E-state index contributed by atoms with van der Waals surface area (Å²) in [6.07, 6.45) is 3.21. The van der Waals surface area contributed by atoms with Gasteiger partial charge in [-0.3, -0.25) is 9.59 Å². The molecule has 180 valence electrons. The van der Waals surface area contributed by atoms with E-state index in [9.17, 15) is 9.59 Å². The molecule has 5 rings (SSSR count). The minimum atomic E-state index is -0.174. The second-order valence-electron chi connectivity index (χ2n) is 8.50. The number of piperazine rings is 1. The van der Waals surface area contributed by atoms with Crippen LogP contribution in [0.1, 0.15) is 33.4 Å². The number of nitrogens with zero attached hydrogens (tertiary/aromatic N) is 5. The fraction of sp³-hybridized carbons (Fsp3) is 0.308. The number of benzene rings is 2. The molecule has 1 fully saturated rings. The van der Waals surface area contributed by atoms with Crippen molar-refractivity contribution in [1.82, 2.24) is 24.8 Å². The van der Waals surface area contributed by atoms with Crippen LogP contribution in [0.15, 0.2) is 60.7 Å². The van der Waals surface area contributed by atoms with Crippen molar-refractivity contribution in [2.45, 2.75) is 19.3 Å². The third-order valence-electron chi connectivity index (χ3n) is 6.36. The van der Waals surface area contributed by atoms with E-state index in [0.29, 0.717) is 44.1 Å². The van der Waals surface area contributed by atoms with Gasteiger partial charge in [-0.2, -0.15) is 0 Å². The minimum Gasteiger partial charge on any atom is -0.497 e. The Bertz CT molecular complexity index is 1230. The Hall–Kier alpha value is -3.98. The largest absolute Gasteiger partial charge is 0.497 e. The van der Waals surface area contributed by atoms with E-state index in [0.717, 1.165) is 16.9 Å². The summed E-state index contributed by atoms with van der Waals surface area (Å²) in [5.41, 5.74) is 2.99. The molecule has 2 aliphatic heterocycles. The first-order valence-electron chi connectivity index (χ1n) is 11.6. The molecule has 1 saturated heterocycles. The summed E-state index contributed by atoms with van der Waals surface area (Å²) in [5.74, 6) is 0.483. The van der Waals surface area contributed by atoms with Gasteiger partial charge in [-0.15, -0.1) is 5.10 Å². The van der Waals surface area contributed by atoms with E-state index in [4.69, 9.17) is 9.47 Å². The van der Waals surface area contributed by atoms with Gasteiger partial charge in [0, 0.05) is 32.3 Å². The van der Waals surface area contributed by atoms with Crippen LogP contribution in [-0.4, -0.2) is 69.9 Å². The molecule has 3 heterocycles. The summed E-state index contributed by atoms with van der Waals surface area (Å²) >= 11 is 0. The van der Waals surface area contributed by atoms with E-state index >= 15 is 0 Å². The number of ether oxygens (including phenoxy) is 2. The number of hydrogen-bond donors (Lipinski definition) is 0. The van der Waals surface area contributed by atoms with E-state index in [-0.39, 0.29) is 24.5 Å². The Morgan fingerprint density at radius 3 is 2.57 bits per heavy atom. The molecule has 2 aliphatic rings. The number of amides is 2. The lowest BCUT2D eigenvalue weighted by atomic mass is 10.1. The molecule has 2 aromatic carbocycles. The van der Waals surface area contributed by atoms with Gasteiger partial charge in [-0.1, -0.05) is 47.7 Å². The fourth-order valence-corrected chi connectivity index (χ4v) is 4.34. The molecule has 3 aromatic rings. The average Bonchev–Trinajstić information content (AvgIpc) is 3.35. The van der Waals surface area contributed by atoms with Gasteiger partial charge >= 0.3 is 0 Å². The molecule has 0 aliphatic carbocycles. The zero-order valence-electron chi connectivity index (χ0n) is 19.5. The monoisotopic (exact) mass is 473 g/mol. The summed E-state index contributed by atoms with van der Waals surface area (Å²) < 4.78 is 13.0. The van der Waals surface area contributed by atoms with Crippen molar-refractivity contribution >= 4 is 17.9 Å². The summed E-state index contributed by atoms with van der Waals surface area (Å²) in [6, 6.07) is 17.5. The van der Waals surface area contributed by atoms with Gasteiger partial charge in [-0.25, -0.2) is 4.68 Å². The molecule has 9 heteroatoms. The van der Waals surface area contributed by atoms with Crippen molar-refractivity contribution in [3.63, 3.8) is 0 Å². The molecule has 0 N–H and O–H groups in total. The number of carbonyl (C=O) groups excluding carboxylic acids is 2. The first kappa shape index (κ1) is 22.8. The Morgan fingerprint density at radius 2 is 1.80 bits per heavy atom. The minimum absolute atomic E-state index is 0.0821. The van der Waals surface area contributed by atoms with Crippen LogP contribution in [0.3, 0.4) is 0 Å². The third-order valence-corrected chi connectivity index (χ3v) is 6.36. The van der Waals surface area contributed by atoms with Gasteiger partial charge in [0.15, 0.2) is 5.69 Å². The van der Waals surface area contributed by atoms with E-state index in [1.165, 1.54) is 0 Å². The van der Waals surface area contributed by atoms with E-state index in [1.807, 2.05) is 54.6 Å². The first-order chi connectivity index (χ1) is 17.1. The highest BCUT2D eigenvalue weighted by Gasteiger charge is 2.31. The van der Waals surface area contributed by atoms with Crippen molar-refractivity contribution in [3.05, 3.63) is 83.2 Å². The van der Waals surface area contributed by atoms with Crippen LogP contribution in [0.25, 0.3) is 6.08 Å². The smallest absolute Gasteiger partial charge is 0.276 e. The van der Waals surface area contributed by atoms with Crippen LogP contribution in [0.2, 0.25) is 0 Å². The molecule has 1 aromatic heterocycles. The van der Waals surface area contributed by atoms with Gasteiger partial charge < -0.3 is 19.3 Å². The summed E-state index contributed by atoms with van der Waals surface area (Å²) in [5, 5.41) is 8.39. The predicted octanol–water partition coefficient (Wildman–Crippen LogP) is 2.56. The maximum atomic E-state index is 13.2. The van der Waals surface area contributed by atoms with Crippen LogP contribution < -0.4 is 4.74 Å². The number of hydrogen-bond acceptors (Lipinski definition) is 6. The van der Waals surface area contributed by atoms with Crippen LogP contribution >= 0.6 is 0 Å². The van der Waals surface area contributed by atoms with Crippen LogP contribution in [-0.2, 0) is 22.7 Å². The lowest BCUT2D eigenvalue weighted by Crippen LogP contribution is -2.50. The highest BCUT2D eigenvalue weighted by atomic mass is 16.5. The Kier molecular flexibility index (Phi) is 6.58. The number of aromatic nitrogens is 3. The van der Waals surface area contributed by atoms with E-state index in [1.54, 1.807) is 33.7 Å². The van der Waals surface area contributed by atoms with Gasteiger partial charge in [0.05, 0.1) is 26.0 Å². The molecule has 0 saturated carbocycles. The topological polar surface area (TPSA) is 89.8 Å². The number of fused-ring (bicyclic) bond motifs is 1. The molecule has 0 unspecified atom stereocenters. The van der Waals surface area contributed by atoms with E-state index < -0.39 is 0 Å². The second kappa shape index (κ2) is 10.1. The molecule has 0 spiro atoms. The average molecular weight is 474 g/mol. The van der Waals surface area contributed by atoms with Gasteiger partial charge in [0.2, 0.25) is 5.91 Å². The predicted molar refractivity (Wildman–Crippen MR) is 129 cm³/mol. The third kappa shape index (κ3) is 4.95. The molecule has 1 atom stereocenters. The zero-order chi connectivity index (χ0) is 24.2. The fourth-order valence-electron chi connectivity index (χ4n) is 4.34. The molecule has 0 radical (unpaired) electrons. The summed E-state index contributed by atoms with van der Waals surface area (Å²) in [4.78, 5) is 29.3. The molecule has 35 heavy (non-hydrogen) atoms. The first-order valence-corrected chi connectivity index (χ1v) is 11.6. The van der Waals surface area contributed by atoms with Crippen molar-refractivity contribution in [3.8, 4) is 5.75 Å². The Balaban J connectivity index is 1.18. The number of rotatable bonds is 5. The summed E-state index contributed by atoms with van der Waals surface area (Å²) in [6.45, 7) is 2.60. The van der Waals surface area contributed by atoms with Crippen LogP contribution in [0, 0.1) is 0 Å². The van der Waals surface area contributed by atoms with Crippen LogP contribution in [0.4, 0.5) is 0 Å². The maximum Gasteiger partial charge on any atom is 0.276 e. The van der Waals surface area contributed by atoms with Crippen LogP contribution in [0.5, 0.6) is 5.75 Å². The maximum absolute atomic E-state index is 13.2. The van der Waals surface area contributed by atoms with Gasteiger partial charge in [-0.05, 0) is 29.3 Å². The van der Waals surface area contributed by atoms with Crippen molar-refractivity contribution in [2.24, 2.45) is 0 Å². The second-order valence-corrected chi connectivity index (χ2v) is 8.50. The lowest BCUT2D eigenvalue weighted by Gasteiger charge is -2.34. The van der Waals surface area contributed by atoms with Gasteiger partial charge in [0.1, 0.15) is 11.9 Å². The quantitative estimate of drug-likeness (QED) is 0.529. The van der Waals surface area contributed by atoms with Gasteiger partial charge in [0.25, 0.3) is 5.91 Å². The zero-order valence-corrected chi connectivity index (χ0v) is 19.5. The Morgan fingerprint density at radius 1 is 1.03 bits per heavy atom. The standard InChI is InChI=1S/C26H27N5O4/c1-34-21-9-5-6-19(16-21)10-11-24(32)29-12-14-30(15-13-29)26(33)25-22-18-35-23(17-31(22)28-27-25)20-7-3-2-4-8-20/h2-11,16,23H,12-15,17-18H2,1H3/b11-10+/t23-/m0/s1. The molecule has 9 nitrogen and oxygen atoms in total. The molecular weight excluding hydrogens is 446 g/mol. The normalized spacial score (nSPS) is 17.9. The van der Waals surface area contributed by atoms with Crippen molar-refractivity contribution in [2.75, 3.05) is 33.3 Å². The molecule has 0 bridgehead atoms. The van der Waals surface area contributed by atoms with Crippen molar-refractivity contribution in [1.29, 1.82) is 0 Å². The highest BCUT2D eigenvalue weighted by Crippen LogP contribution is 2.27. The number of carbonyl (C=O) groups is 2. The van der Waals surface area contributed by atoms with Crippen molar-refractivity contribution < 1.29 is 19.1 Å². The summed E-state index contributed by atoms with van der Waals surface area (Å²) in [7, 11) is 1.61. The molecule has 2 amide bonds. The highest BCUT2D eigenvalue weighted by molar-refractivity contribution is 5.94. The number of methoxy groups -OCH3 is 1. The Labute approximate surface area is 203 Å². The molecular formula is C26H27N5O4.